The van der Waals surface area contributed by atoms with Crippen molar-refractivity contribution in [2.24, 2.45) is 5.41 Å². The molecule has 0 aliphatic carbocycles. The molecule has 62 valence electrons. The molecule has 0 saturated carbocycles. The summed E-state index contributed by atoms with van der Waals surface area (Å²) in [5.41, 5.74) is -0.418. The number of allylic oxidation sites excluding steroid dienone is 1. The molecule has 0 aromatic rings. The van der Waals surface area contributed by atoms with Crippen molar-refractivity contribution in [2.45, 2.75) is 27.2 Å². The fourth-order valence-corrected chi connectivity index (χ4v) is 0.496. The number of rotatable bonds is 3. The van der Waals surface area contributed by atoms with E-state index in [9.17, 15) is 9.59 Å². The summed E-state index contributed by atoms with van der Waals surface area (Å²) in [6.45, 7) is 8.69. The normalized spacial score (nSPS) is 10.8. The highest BCUT2D eigenvalue weighted by Crippen LogP contribution is 2.16. The van der Waals surface area contributed by atoms with Crippen LogP contribution in [0.3, 0.4) is 0 Å². The molecule has 2 nitrogen and oxygen atoms in total. The molecule has 0 aliphatic rings. The number of carbonyl (C=O) groups excluding carboxylic acids is 2. The summed E-state index contributed by atoms with van der Waals surface area (Å²) in [6.07, 6.45) is 1.16. The van der Waals surface area contributed by atoms with Crippen LogP contribution in [0.15, 0.2) is 12.7 Å². The average Bonchev–Trinajstić information content (AvgIpc) is 1.85. The van der Waals surface area contributed by atoms with Gasteiger partial charge in [0.15, 0.2) is 5.78 Å². The van der Waals surface area contributed by atoms with Crippen LogP contribution in [0.1, 0.15) is 27.2 Å². The molecule has 0 fully saturated rings. The second-order valence-electron chi connectivity index (χ2n) is 3.52. The maximum atomic E-state index is 11.2. The van der Waals surface area contributed by atoms with Gasteiger partial charge in [-0.3, -0.25) is 9.59 Å². The van der Waals surface area contributed by atoms with E-state index in [1.54, 1.807) is 20.8 Å². The molecule has 2 heteroatoms. The molecular formula is C9H14O2. The number of carbonyl (C=O) groups is 2. The molecule has 0 amide bonds. The molecule has 0 aliphatic heterocycles. The van der Waals surface area contributed by atoms with Crippen LogP contribution in [0.25, 0.3) is 0 Å². The van der Waals surface area contributed by atoms with Crippen molar-refractivity contribution in [3.05, 3.63) is 12.7 Å². The van der Waals surface area contributed by atoms with E-state index in [0.717, 1.165) is 0 Å². The standard InChI is InChI=1S/C9H14O2/c1-5-7(10)6-8(11)9(2,3)4/h5H,1,6H2,2-4H3. The van der Waals surface area contributed by atoms with E-state index < -0.39 is 5.41 Å². The molecule has 0 bridgehead atoms. The first kappa shape index (κ1) is 10.1. The second kappa shape index (κ2) is 3.46. The summed E-state index contributed by atoms with van der Waals surface area (Å²) < 4.78 is 0. The van der Waals surface area contributed by atoms with Gasteiger partial charge >= 0.3 is 0 Å². The molecule has 0 atom stereocenters. The molecule has 0 aromatic carbocycles. The highest BCUT2D eigenvalue weighted by Gasteiger charge is 2.22. The molecule has 0 heterocycles. The Morgan fingerprint density at radius 2 is 1.82 bits per heavy atom. The Labute approximate surface area is 67.3 Å². The van der Waals surface area contributed by atoms with E-state index in [1.165, 1.54) is 6.08 Å². The van der Waals surface area contributed by atoms with Gasteiger partial charge in [-0.15, -0.1) is 0 Å². The van der Waals surface area contributed by atoms with Gasteiger partial charge < -0.3 is 0 Å². The summed E-state index contributed by atoms with van der Waals surface area (Å²) in [4.78, 5) is 21.9. The molecule has 0 radical (unpaired) electrons. The minimum atomic E-state index is -0.418. The van der Waals surface area contributed by atoms with Gasteiger partial charge in [0, 0.05) is 5.41 Å². The lowest BCUT2D eigenvalue weighted by Crippen LogP contribution is -2.22. The van der Waals surface area contributed by atoms with Crippen LogP contribution >= 0.6 is 0 Å². The Hall–Kier alpha value is -0.920. The summed E-state index contributed by atoms with van der Waals surface area (Å²) >= 11 is 0. The van der Waals surface area contributed by atoms with Gasteiger partial charge in [0.1, 0.15) is 5.78 Å². The van der Waals surface area contributed by atoms with Gasteiger partial charge in [0.25, 0.3) is 0 Å². The Morgan fingerprint density at radius 3 is 2.09 bits per heavy atom. The summed E-state index contributed by atoms with van der Waals surface area (Å²) in [6, 6.07) is 0. The molecule has 0 unspecified atom stereocenters. The van der Waals surface area contributed by atoms with Crippen LogP contribution in [0, 0.1) is 5.41 Å². The van der Waals surface area contributed by atoms with Crippen LogP contribution in [-0.4, -0.2) is 11.6 Å². The van der Waals surface area contributed by atoms with Gasteiger partial charge in [-0.05, 0) is 6.08 Å². The molecule has 0 aromatic heterocycles. The number of hydrogen-bond donors (Lipinski definition) is 0. The number of ketones is 2. The molecule has 11 heavy (non-hydrogen) atoms. The zero-order valence-corrected chi connectivity index (χ0v) is 7.31. The zero-order valence-electron chi connectivity index (χ0n) is 7.31. The Kier molecular flexibility index (Phi) is 3.18. The van der Waals surface area contributed by atoms with Crippen molar-refractivity contribution < 1.29 is 9.59 Å². The van der Waals surface area contributed by atoms with Crippen LogP contribution in [0.4, 0.5) is 0 Å². The monoisotopic (exact) mass is 154 g/mol. The van der Waals surface area contributed by atoms with Crippen molar-refractivity contribution in [1.29, 1.82) is 0 Å². The summed E-state index contributed by atoms with van der Waals surface area (Å²) in [7, 11) is 0. The summed E-state index contributed by atoms with van der Waals surface area (Å²) in [5.74, 6) is -0.243. The maximum absolute atomic E-state index is 11.2. The Morgan fingerprint density at radius 1 is 1.36 bits per heavy atom. The van der Waals surface area contributed by atoms with Gasteiger partial charge in [-0.1, -0.05) is 27.4 Å². The van der Waals surface area contributed by atoms with Gasteiger partial charge in [0.2, 0.25) is 0 Å². The van der Waals surface area contributed by atoms with Crippen molar-refractivity contribution in [2.75, 3.05) is 0 Å². The van der Waals surface area contributed by atoms with E-state index in [2.05, 4.69) is 6.58 Å². The lowest BCUT2D eigenvalue weighted by Gasteiger charge is -2.14. The van der Waals surface area contributed by atoms with Crippen LogP contribution < -0.4 is 0 Å². The van der Waals surface area contributed by atoms with Crippen LogP contribution in [0.2, 0.25) is 0 Å². The molecule has 0 rings (SSSR count). The van der Waals surface area contributed by atoms with E-state index in [1.807, 2.05) is 0 Å². The third kappa shape index (κ3) is 3.71. The first-order valence-corrected chi connectivity index (χ1v) is 3.56. The fraction of sp³-hybridized carbons (Fsp3) is 0.556. The Bertz CT molecular complexity index is 184. The zero-order chi connectivity index (χ0) is 9.07. The first-order valence-electron chi connectivity index (χ1n) is 3.56. The number of hydrogen-bond acceptors (Lipinski definition) is 2. The third-order valence-electron chi connectivity index (χ3n) is 1.40. The SMILES string of the molecule is C=CC(=O)CC(=O)C(C)(C)C. The summed E-state index contributed by atoms with van der Waals surface area (Å²) in [5, 5.41) is 0. The van der Waals surface area contributed by atoms with E-state index in [-0.39, 0.29) is 18.0 Å². The molecule has 0 N–H and O–H groups in total. The lowest BCUT2D eigenvalue weighted by atomic mass is 9.88. The van der Waals surface area contributed by atoms with Gasteiger partial charge in [0.05, 0.1) is 6.42 Å². The Balaban J connectivity index is 4.09. The topological polar surface area (TPSA) is 34.1 Å². The van der Waals surface area contributed by atoms with E-state index in [4.69, 9.17) is 0 Å². The van der Waals surface area contributed by atoms with Crippen LogP contribution in [0.5, 0.6) is 0 Å². The predicted molar refractivity (Wildman–Crippen MR) is 44.3 cm³/mol. The van der Waals surface area contributed by atoms with E-state index >= 15 is 0 Å². The number of Topliss-reactive ketones (excluding diaryl/α,β-unsaturated/α-hetero) is 1. The minimum Gasteiger partial charge on any atom is -0.299 e. The lowest BCUT2D eigenvalue weighted by molar-refractivity contribution is -0.130. The maximum Gasteiger partial charge on any atom is 0.162 e. The van der Waals surface area contributed by atoms with Crippen molar-refractivity contribution in [1.82, 2.24) is 0 Å². The van der Waals surface area contributed by atoms with Gasteiger partial charge in [-0.25, -0.2) is 0 Å². The quantitative estimate of drug-likeness (QED) is 0.458. The van der Waals surface area contributed by atoms with Crippen LogP contribution in [-0.2, 0) is 9.59 Å². The highest BCUT2D eigenvalue weighted by atomic mass is 16.1. The second-order valence-corrected chi connectivity index (χ2v) is 3.52. The van der Waals surface area contributed by atoms with E-state index in [0.29, 0.717) is 0 Å². The molecule has 0 spiro atoms. The molecule has 0 saturated heterocycles. The fourth-order valence-electron chi connectivity index (χ4n) is 0.496. The predicted octanol–water partition coefficient (Wildman–Crippen LogP) is 1.75. The first-order chi connectivity index (χ1) is 4.88. The average molecular weight is 154 g/mol. The smallest absolute Gasteiger partial charge is 0.162 e. The highest BCUT2D eigenvalue weighted by molar-refractivity contribution is 6.05. The largest absolute Gasteiger partial charge is 0.299 e. The van der Waals surface area contributed by atoms with Crippen molar-refractivity contribution in [3.63, 3.8) is 0 Å². The minimum absolute atomic E-state index is 0.0208. The van der Waals surface area contributed by atoms with Crippen molar-refractivity contribution in [3.8, 4) is 0 Å². The third-order valence-corrected chi connectivity index (χ3v) is 1.40. The van der Waals surface area contributed by atoms with Gasteiger partial charge in [-0.2, -0.15) is 0 Å². The van der Waals surface area contributed by atoms with Crippen molar-refractivity contribution >= 4 is 11.6 Å². The molecular weight excluding hydrogens is 140 g/mol.